The molecule has 1 aliphatic carbocycles. The van der Waals surface area contributed by atoms with Gasteiger partial charge in [-0.25, -0.2) is 9.59 Å². The van der Waals surface area contributed by atoms with Gasteiger partial charge in [0.05, 0.1) is 0 Å². The Bertz CT molecular complexity index is 369. The second-order valence-corrected chi connectivity index (χ2v) is 6.35. The molecule has 2 aliphatic rings. The maximum atomic E-state index is 11.9. The van der Waals surface area contributed by atoms with Crippen molar-refractivity contribution in [3.05, 3.63) is 0 Å². The lowest BCUT2D eigenvalue weighted by atomic mass is 10.0. The third-order valence-corrected chi connectivity index (χ3v) is 3.93. The lowest BCUT2D eigenvalue weighted by molar-refractivity contribution is -0.139. The first-order valence-corrected chi connectivity index (χ1v) is 7.49. The first-order chi connectivity index (χ1) is 9.45. The van der Waals surface area contributed by atoms with Crippen LogP contribution in [0.4, 0.5) is 4.79 Å². The van der Waals surface area contributed by atoms with E-state index in [2.05, 4.69) is 15.5 Å². The summed E-state index contributed by atoms with van der Waals surface area (Å²) in [6, 6.07) is -0.307. The highest BCUT2D eigenvalue weighted by molar-refractivity contribution is 5.82. The molecule has 20 heavy (non-hydrogen) atoms. The number of carbonyl (C=O) groups is 2. The highest BCUT2D eigenvalue weighted by Gasteiger charge is 2.35. The molecular weight excluding hydrogens is 258 g/mol. The average molecular weight is 283 g/mol. The van der Waals surface area contributed by atoms with Crippen LogP contribution < -0.4 is 10.6 Å². The van der Waals surface area contributed by atoms with Gasteiger partial charge >= 0.3 is 12.0 Å². The molecule has 2 fully saturated rings. The third-order valence-electron chi connectivity index (χ3n) is 3.93. The summed E-state index contributed by atoms with van der Waals surface area (Å²) in [4.78, 5) is 25.4. The summed E-state index contributed by atoms with van der Waals surface area (Å²) in [6.45, 7) is 5.81. The molecule has 114 valence electrons. The molecule has 0 spiro atoms. The van der Waals surface area contributed by atoms with Crippen molar-refractivity contribution in [1.29, 1.82) is 0 Å². The van der Waals surface area contributed by atoms with E-state index in [1.807, 2.05) is 13.8 Å². The Hall–Kier alpha value is -1.30. The summed E-state index contributed by atoms with van der Waals surface area (Å²) in [6.07, 6.45) is 3.94. The van der Waals surface area contributed by atoms with Crippen LogP contribution >= 0.6 is 0 Å². The van der Waals surface area contributed by atoms with Gasteiger partial charge in [-0.3, -0.25) is 4.90 Å². The molecule has 1 aliphatic heterocycles. The predicted octanol–water partition coefficient (Wildman–Crippen LogP) is 1.02. The molecule has 0 radical (unpaired) electrons. The number of hydrogen-bond acceptors (Lipinski definition) is 3. The van der Waals surface area contributed by atoms with Crippen LogP contribution in [-0.2, 0) is 4.79 Å². The van der Waals surface area contributed by atoms with Gasteiger partial charge in [0.25, 0.3) is 0 Å². The van der Waals surface area contributed by atoms with E-state index in [1.54, 1.807) is 0 Å². The number of urea groups is 1. The molecule has 2 amide bonds. The minimum Gasteiger partial charge on any atom is -0.480 e. The normalized spacial score (nSPS) is 24.6. The van der Waals surface area contributed by atoms with Crippen LogP contribution in [0.15, 0.2) is 0 Å². The van der Waals surface area contributed by atoms with E-state index in [1.165, 1.54) is 12.8 Å². The highest BCUT2D eigenvalue weighted by Crippen LogP contribution is 2.29. The highest BCUT2D eigenvalue weighted by atomic mass is 16.4. The summed E-state index contributed by atoms with van der Waals surface area (Å²) in [5.74, 6) is -0.742. The fraction of sp³-hybridized carbons (Fsp3) is 0.857. The van der Waals surface area contributed by atoms with Crippen molar-refractivity contribution in [2.24, 2.45) is 5.92 Å². The van der Waals surface area contributed by atoms with Crippen LogP contribution in [0.5, 0.6) is 0 Å². The Balaban J connectivity index is 1.74. The summed E-state index contributed by atoms with van der Waals surface area (Å²) in [5.41, 5.74) is 0. The fourth-order valence-corrected chi connectivity index (χ4v) is 2.75. The van der Waals surface area contributed by atoms with E-state index >= 15 is 0 Å². The molecule has 0 aromatic carbocycles. The fourth-order valence-electron chi connectivity index (χ4n) is 2.75. The Morgan fingerprint density at radius 2 is 2.00 bits per heavy atom. The van der Waals surface area contributed by atoms with Crippen LogP contribution in [0, 0.1) is 5.92 Å². The van der Waals surface area contributed by atoms with Crippen molar-refractivity contribution < 1.29 is 14.7 Å². The monoisotopic (exact) mass is 283 g/mol. The second-order valence-electron chi connectivity index (χ2n) is 6.35. The van der Waals surface area contributed by atoms with Crippen molar-refractivity contribution in [3.8, 4) is 0 Å². The molecule has 0 aromatic heterocycles. The van der Waals surface area contributed by atoms with E-state index in [-0.39, 0.29) is 18.0 Å². The number of carboxylic acids is 1. The van der Waals surface area contributed by atoms with Crippen molar-refractivity contribution >= 4 is 12.0 Å². The van der Waals surface area contributed by atoms with Gasteiger partial charge in [-0.05, 0) is 31.6 Å². The molecule has 0 aromatic rings. The van der Waals surface area contributed by atoms with Gasteiger partial charge in [0, 0.05) is 25.2 Å². The van der Waals surface area contributed by atoms with Crippen LogP contribution in [0.2, 0.25) is 0 Å². The van der Waals surface area contributed by atoms with Gasteiger partial charge in [-0.2, -0.15) is 0 Å². The Morgan fingerprint density at radius 1 is 1.30 bits per heavy atom. The van der Waals surface area contributed by atoms with E-state index in [0.717, 1.165) is 25.6 Å². The number of carbonyl (C=O) groups excluding carboxylic acids is 1. The quantitative estimate of drug-likeness (QED) is 0.680. The van der Waals surface area contributed by atoms with E-state index in [4.69, 9.17) is 5.11 Å². The minimum atomic E-state index is -0.972. The average Bonchev–Trinajstić information content (AvgIpc) is 3.09. The van der Waals surface area contributed by atoms with Gasteiger partial charge in [-0.1, -0.05) is 13.8 Å². The van der Waals surface area contributed by atoms with Crippen LogP contribution in [0.3, 0.4) is 0 Å². The predicted molar refractivity (Wildman–Crippen MR) is 75.5 cm³/mol. The lowest BCUT2D eigenvalue weighted by Crippen LogP contribution is -2.50. The van der Waals surface area contributed by atoms with Crippen LogP contribution in [-0.4, -0.2) is 53.2 Å². The Kier molecular flexibility index (Phi) is 4.86. The molecule has 1 saturated carbocycles. The summed E-state index contributed by atoms with van der Waals surface area (Å²) >= 11 is 0. The summed E-state index contributed by atoms with van der Waals surface area (Å²) < 4.78 is 0. The molecule has 2 rings (SSSR count). The second kappa shape index (κ2) is 6.43. The maximum Gasteiger partial charge on any atom is 0.326 e. The van der Waals surface area contributed by atoms with E-state index < -0.39 is 12.0 Å². The van der Waals surface area contributed by atoms with Gasteiger partial charge < -0.3 is 15.7 Å². The molecule has 1 saturated heterocycles. The largest absolute Gasteiger partial charge is 0.480 e. The number of likely N-dealkylation sites (tertiary alicyclic amines) is 1. The maximum absolute atomic E-state index is 11.9. The van der Waals surface area contributed by atoms with Gasteiger partial charge in [-0.15, -0.1) is 0 Å². The lowest BCUT2D eigenvalue weighted by Gasteiger charge is -2.19. The standard InChI is InChI=1S/C14H25N3O3/c1-9(2)7-12(13(18)19)16-14(20)15-10-5-6-17(8-10)11-3-4-11/h9-12H,3-8H2,1-2H3,(H,18,19)(H2,15,16,20)/t10?,12-/m1/s1. The number of rotatable bonds is 6. The first-order valence-electron chi connectivity index (χ1n) is 7.49. The Morgan fingerprint density at radius 3 is 2.55 bits per heavy atom. The number of aliphatic carboxylic acids is 1. The number of amides is 2. The Labute approximate surface area is 119 Å². The van der Waals surface area contributed by atoms with Crippen LogP contribution in [0.1, 0.15) is 39.5 Å². The summed E-state index contributed by atoms with van der Waals surface area (Å²) in [7, 11) is 0. The topological polar surface area (TPSA) is 81.7 Å². The van der Waals surface area contributed by atoms with Crippen molar-refractivity contribution in [2.45, 2.75) is 57.7 Å². The zero-order valence-electron chi connectivity index (χ0n) is 12.3. The van der Waals surface area contributed by atoms with Crippen molar-refractivity contribution in [2.75, 3.05) is 13.1 Å². The zero-order valence-corrected chi connectivity index (χ0v) is 12.3. The number of hydrogen-bond donors (Lipinski definition) is 3. The molecular formula is C14H25N3O3. The molecule has 6 heteroatoms. The molecule has 2 atom stereocenters. The van der Waals surface area contributed by atoms with Crippen molar-refractivity contribution in [3.63, 3.8) is 0 Å². The summed E-state index contributed by atoms with van der Waals surface area (Å²) in [5, 5.41) is 14.6. The number of nitrogens with one attached hydrogen (secondary N) is 2. The molecule has 1 heterocycles. The number of carboxylic acid groups (broad SMARTS) is 1. The van der Waals surface area contributed by atoms with E-state index in [0.29, 0.717) is 6.42 Å². The third kappa shape index (κ3) is 4.37. The molecule has 0 bridgehead atoms. The van der Waals surface area contributed by atoms with Crippen LogP contribution in [0.25, 0.3) is 0 Å². The number of nitrogens with zero attached hydrogens (tertiary/aromatic N) is 1. The smallest absolute Gasteiger partial charge is 0.326 e. The van der Waals surface area contributed by atoms with Gasteiger partial charge in [0.2, 0.25) is 0 Å². The molecule has 6 nitrogen and oxygen atoms in total. The van der Waals surface area contributed by atoms with E-state index in [9.17, 15) is 9.59 Å². The molecule has 3 N–H and O–H groups in total. The molecule has 1 unspecified atom stereocenters. The van der Waals surface area contributed by atoms with Gasteiger partial charge in [0.15, 0.2) is 0 Å². The van der Waals surface area contributed by atoms with Gasteiger partial charge in [0.1, 0.15) is 6.04 Å². The zero-order chi connectivity index (χ0) is 14.7. The first kappa shape index (κ1) is 15.1. The SMILES string of the molecule is CC(C)C[C@@H](NC(=O)NC1CCN(C2CC2)C1)C(=O)O. The van der Waals surface area contributed by atoms with Crippen molar-refractivity contribution in [1.82, 2.24) is 15.5 Å². The minimum absolute atomic E-state index is 0.143.